The predicted molar refractivity (Wildman–Crippen MR) is 71.0 cm³/mol. The molecule has 0 atom stereocenters. The van der Waals surface area contributed by atoms with Gasteiger partial charge in [0.25, 0.3) is 5.89 Å². The lowest BCUT2D eigenvalue weighted by atomic mass is 10.3. The van der Waals surface area contributed by atoms with Crippen LogP contribution in [0.15, 0.2) is 38.2 Å². The zero-order valence-corrected chi connectivity index (χ0v) is 11.2. The summed E-state index contributed by atoms with van der Waals surface area (Å²) in [7, 11) is 0. The molecule has 0 aliphatic rings. The Kier molecular flexibility index (Phi) is 3.39. The number of carbonyl (C=O) groups is 1. The number of esters is 1. The van der Waals surface area contributed by atoms with Crippen LogP contribution < -0.4 is 0 Å². The highest BCUT2D eigenvalue weighted by Gasteiger charge is 2.12. The fourth-order valence-corrected chi connectivity index (χ4v) is 2.67. The molecule has 19 heavy (non-hydrogen) atoms. The van der Waals surface area contributed by atoms with Gasteiger partial charge in [-0.25, -0.2) is 4.79 Å². The van der Waals surface area contributed by atoms with Crippen molar-refractivity contribution in [2.24, 2.45) is 0 Å². The monoisotopic (exact) mass is 292 g/mol. The Morgan fingerprint density at radius 3 is 2.84 bits per heavy atom. The lowest BCUT2D eigenvalue weighted by Crippen LogP contribution is -2.03. The van der Waals surface area contributed by atoms with Crippen LogP contribution in [0.5, 0.6) is 0 Å². The molecule has 0 amide bonds. The van der Waals surface area contributed by atoms with Crippen molar-refractivity contribution in [3.8, 4) is 11.4 Å². The van der Waals surface area contributed by atoms with Crippen molar-refractivity contribution in [1.29, 1.82) is 0 Å². The molecule has 5 nitrogen and oxygen atoms in total. The molecule has 0 aromatic carbocycles. The van der Waals surface area contributed by atoms with Gasteiger partial charge in [0, 0.05) is 16.3 Å². The van der Waals surface area contributed by atoms with Gasteiger partial charge in [-0.3, -0.25) is 0 Å². The molecule has 0 saturated carbocycles. The molecule has 0 fully saturated rings. The van der Waals surface area contributed by atoms with E-state index >= 15 is 0 Å². The Labute approximate surface area is 116 Å². The van der Waals surface area contributed by atoms with Crippen LogP contribution in [-0.4, -0.2) is 16.1 Å². The molecular weight excluding hydrogens is 284 g/mol. The van der Waals surface area contributed by atoms with Crippen molar-refractivity contribution in [2.45, 2.75) is 6.61 Å². The molecule has 0 bridgehead atoms. The number of nitrogens with zero attached hydrogens (tertiary/aromatic N) is 2. The molecule has 0 aliphatic heterocycles. The molecule has 0 N–H and O–H groups in total. The minimum atomic E-state index is -0.392. The minimum absolute atomic E-state index is 0.0220. The van der Waals surface area contributed by atoms with Gasteiger partial charge in [0.05, 0.1) is 5.56 Å². The molecule has 0 saturated heterocycles. The average molecular weight is 292 g/mol. The van der Waals surface area contributed by atoms with Gasteiger partial charge in [-0.1, -0.05) is 5.16 Å². The fraction of sp³-hybridized carbons (Fsp3) is 0.0833. The van der Waals surface area contributed by atoms with Crippen LogP contribution in [0.3, 0.4) is 0 Å². The largest absolute Gasteiger partial charge is 0.452 e. The predicted octanol–water partition coefficient (Wildman–Crippen LogP) is 3.22. The van der Waals surface area contributed by atoms with E-state index in [1.54, 1.807) is 22.8 Å². The standard InChI is InChI=1S/C12H8N2O3S2/c15-12(9-2-4-19-7-9)16-5-10-13-11(14-17-10)8-1-3-18-6-8/h1-4,6-7H,5H2. The normalized spacial score (nSPS) is 10.5. The Morgan fingerprint density at radius 1 is 1.26 bits per heavy atom. The van der Waals surface area contributed by atoms with Crippen molar-refractivity contribution in [3.63, 3.8) is 0 Å². The number of thiophene rings is 2. The summed E-state index contributed by atoms with van der Waals surface area (Å²) in [4.78, 5) is 15.8. The maximum absolute atomic E-state index is 11.6. The number of rotatable bonds is 4. The van der Waals surface area contributed by atoms with Gasteiger partial charge in [0.1, 0.15) is 0 Å². The Hall–Kier alpha value is -1.99. The van der Waals surface area contributed by atoms with Crippen molar-refractivity contribution in [1.82, 2.24) is 10.1 Å². The molecule has 0 radical (unpaired) electrons. The Morgan fingerprint density at radius 2 is 2.11 bits per heavy atom. The van der Waals surface area contributed by atoms with Crippen molar-refractivity contribution in [3.05, 3.63) is 45.1 Å². The lowest BCUT2D eigenvalue weighted by molar-refractivity contribution is 0.0430. The topological polar surface area (TPSA) is 65.2 Å². The second-order valence-electron chi connectivity index (χ2n) is 3.61. The summed E-state index contributed by atoms with van der Waals surface area (Å²) in [5, 5.41) is 11.2. The van der Waals surface area contributed by atoms with Crippen molar-refractivity contribution >= 4 is 28.6 Å². The van der Waals surface area contributed by atoms with E-state index in [1.165, 1.54) is 11.3 Å². The average Bonchev–Trinajstić information content (AvgIpc) is 3.14. The molecule has 7 heteroatoms. The SMILES string of the molecule is O=C(OCc1nc(-c2ccsc2)no1)c1ccsc1. The molecule has 0 aliphatic carbocycles. The van der Waals surface area contributed by atoms with Crippen LogP contribution in [-0.2, 0) is 11.3 Å². The summed E-state index contributed by atoms with van der Waals surface area (Å²) in [6.45, 7) is -0.0220. The smallest absolute Gasteiger partial charge is 0.339 e. The van der Waals surface area contributed by atoms with Gasteiger partial charge < -0.3 is 9.26 Å². The van der Waals surface area contributed by atoms with Gasteiger partial charge >= 0.3 is 5.97 Å². The van der Waals surface area contributed by atoms with E-state index in [-0.39, 0.29) is 12.5 Å². The second-order valence-corrected chi connectivity index (χ2v) is 5.17. The second kappa shape index (κ2) is 5.33. The first-order valence-corrected chi connectivity index (χ1v) is 7.26. The highest BCUT2D eigenvalue weighted by Crippen LogP contribution is 2.19. The van der Waals surface area contributed by atoms with Gasteiger partial charge in [-0.2, -0.15) is 27.7 Å². The maximum atomic E-state index is 11.6. The summed E-state index contributed by atoms with van der Waals surface area (Å²) < 4.78 is 10.1. The van der Waals surface area contributed by atoms with Gasteiger partial charge in [-0.15, -0.1) is 0 Å². The lowest BCUT2D eigenvalue weighted by Gasteiger charge is -1.98. The third-order valence-electron chi connectivity index (χ3n) is 2.33. The molecule has 0 spiro atoms. The van der Waals surface area contributed by atoms with Crippen LogP contribution in [0.4, 0.5) is 0 Å². The minimum Gasteiger partial charge on any atom is -0.452 e. The van der Waals surface area contributed by atoms with Crippen molar-refractivity contribution < 1.29 is 14.1 Å². The first-order chi connectivity index (χ1) is 9.33. The molecular formula is C12H8N2O3S2. The number of hydrogen-bond acceptors (Lipinski definition) is 7. The van der Waals surface area contributed by atoms with E-state index in [2.05, 4.69) is 10.1 Å². The molecule has 0 unspecified atom stereocenters. The molecule has 3 aromatic heterocycles. The summed E-state index contributed by atoms with van der Waals surface area (Å²) in [5.74, 6) is 0.393. The van der Waals surface area contributed by atoms with Crippen LogP contribution >= 0.6 is 22.7 Å². The van der Waals surface area contributed by atoms with E-state index in [4.69, 9.17) is 9.26 Å². The van der Waals surface area contributed by atoms with Crippen LogP contribution in [0.1, 0.15) is 16.2 Å². The molecule has 3 aromatic rings. The first kappa shape index (κ1) is 12.1. The number of carbonyl (C=O) groups excluding carboxylic acids is 1. The van der Waals surface area contributed by atoms with E-state index < -0.39 is 5.97 Å². The van der Waals surface area contributed by atoms with Gasteiger partial charge in [0.2, 0.25) is 5.82 Å². The van der Waals surface area contributed by atoms with Crippen LogP contribution in [0.2, 0.25) is 0 Å². The van der Waals surface area contributed by atoms with E-state index in [1.807, 2.05) is 22.2 Å². The zero-order chi connectivity index (χ0) is 13.1. The zero-order valence-electron chi connectivity index (χ0n) is 9.61. The first-order valence-electron chi connectivity index (χ1n) is 5.37. The highest BCUT2D eigenvalue weighted by molar-refractivity contribution is 7.08. The fourth-order valence-electron chi connectivity index (χ4n) is 1.41. The van der Waals surface area contributed by atoms with Gasteiger partial charge in [0.15, 0.2) is 6.61 Å². The molecule has 3 rings (SSSR count). The van der Waals surface area contributed by atoms with E-state index in [0.29, 0.717) is 11.4 Å². The quantitative estimate of drug-likeness (QED) is 0.691. The van der Waals surface area contributed by atoms with Crippen LogP contribution in [0.25, 0.3) is 11.4 Å². The molecule has 96 valence electrons. The number of hydrogen-bond donors (Lipinski definition) is 0. The third-order valence-corrected chi connectivity index (χ3v) is 3.70. The maximum Gasteiger partial charge on any atom is 0.339 e. The third kappa shape index (κ3) is 2.72. The van der Waals surface area contributed by atoms with Crippen molar-refractivity contribution in [2.75, 3.05) is 0 Å². The number of ether oxygens (including phenoxy) is 1. The summed E-state index contributed by atoms with van der Waals surface area (Å²) in [6, 6.07) is 3.61. The number of aromatic nitrogens is 2. The summed E-state index contributed by atoms with van der Waals surface area (Å²) in [6.07, 6.45) is 0. The Balaban J connectivity index is 1.63. The molecule has 3 heterocycles. The summed E-state index contributed by atoms with van der Waals surface area (Å²) >= 11 is 3.00. The highest BCUT2D eigenvalue weighted by atomic mass is 32.1. The van der Waals surface area contributed by atoms with E-state index in [9.17, 15) is 4.79 Å². The Bertz CT molecular complexity index is 659. The van der Waals surface area contributed by atoms with E-state index in [0.717, 1.165) is 5.56 Å². The van der Waals surface area contributed by atoms with Crippen LogP contribution in [0, 0.1) is 0 Å². The van der Waals surface area contributed by atoms with Gasteiger partial charge in [-0.05, 0) is 22.9 Å². The summed E-state index contributed by atoms with van der Waals surface area (Å²) in [5.41, 5.74) is 1.42.